The highest BCUT2D eigenvalue weighted by Gasteiger charge is 2.38. The third-order valence-electron chi connectivity index (χ3n) is 4.00. The minimum atomic E-state index is -0.891. The van der Waals surface area contributed by atoms with Crippen molar-refractivity contribution in [2.24, 2.45) is 0 Å². The molecule has 2 aliphatic heterocycles. The summed E-state index contributed by atoms with van der Waals surface area (Å²) >= 11 is 0. The zero-order valence-corrected chi connectivity index (χ0v) is 11.7. The number of carboxylic acid groups (broad SMARTS) is 1. The molecule has 2 atom stereocenters. The molecular formula is C13H21N3O4. The van der Waals surface area contributed by atoms with Crippen LogP contribution in [0.1, 0.15) is 32.6 Å². The number of amides is 3. The Bertz CT molecular complexity index is 412. The Labute approximate surface area is 117 Å². The van der Waals surface area contributed by atoms with Gasteiger partial charge < -0.3 is 20.2 Å². The molecule has 0 radical (unpaired) electrons. The first-order valence-corrected chi connectivity index (χ1v) is 7.11. The molecule has 7 nitrogen and oxygen atoms in total. The van der Waals surface area contributed by atoms with E-state index in [1.165, 1.54) is 0 Å². The lowest BCUT2D eigenvalue weighted by molar-refractivity contribution is -0.138. The zero-order valence-electron chi connectivity index (χ0n) is 11.7. The summed E-state index contributed by atoms with van der Waals surface area (Å²) in [4.78, 5) is 38.4. The first-order valence-electron chi connectivity index (χ1n) is 7.11. The first-order chi connectivity index (χ1) is 9.54. The molecular weight excluding hydrogens is 262 g/mol. The number of nitrogens with one attached hydrogen (secondary N) is 1. The van der Waals surface area contributed by atoms with Crippen molar-refractivity contribution < 1.29 is 19.5 Å². The van der Waals surface area contributed by atoms with E-state index in [2.05, 4.69) is 5.32 Å². The van der Waals surface area contributed by atoms with Gasteiger partial charge in [-0.15, -0.1) is 0 Å². The van der Waals surface area contributed by atoms with Crippen molar-refractivity contribution in [1.82, 2.24) is 15.1 Å². The normalized spacial score (nSPS) is 26.6. The average molecular weight is 283 g/mol. The number of carbonyl (C=O) groups is 3. The largest absolute Gasteiger partial charge is 0.481 e. The second kappa shape index (κ2) is 6.11. The van der Waals surface area contributed by atoms with E-state index in [0.29, 0.717) is 26.1 Å². The molecule has 7 heteroatoms. The predicted octanol–water partition coefficient (Wildman–Crippen LogP) is 0.256. The molecule has 2 N–H and O–H groups in total. The van der Waals surface area contributed by atoms with Crippen molar-refractivity contribution in [1.29, 1.82) is 0 Å². The Balaban J connectivity index is 2.08. The number of likely N-dealkylation sites (tertiary alicyclic amines) is 1. The van der Waals surface area contributed by atoms with Gasteiger partial charge in [0.15, 0.2) is 0 Å². The van der Waals surface area contributed by atoms with Crippen molar-refractivity contribution >= 4 is 17.9 Å². The number of carbonyl (C=O) groups excluding carboxylic acids is 2. The van der Waals surface area contributed by atoms with Gasteiger partial charge in [-0.05, 0) is 19.3 Å². The van der Waals surface area contributed by atoms with E-state index >= 15 is 0 Å². The number of piperazine rings is 1. The van der Waals surface area contributed by atoms with Gasteiger partial charge in [-0.2, -0.15) is 0 Å². The van der Waals surface area contributed by atoms with Gasteiger partial charge in [0.25, 0.3) is 0 Å². The Hall–Kier alpha value is -1.79. The second-order valence-electron chi connectivity index (χ2n) is 5.28. The molecule has 2 aliphatic rings. The highest BCUT2D eigenvalue weighted by molar-refractivity contribution is 5.88. The average Bonchev–Trinajstić information content (AvgIpc) is 2.84. The zero-order chi connectivity index (χ0) is 14.7. The van der Waals surface area contributed by atoms with Gasteiger partial charge in [-0.25, -0.2) is 4.79 Å². The minimum absolute atomic E-state index is 0.0252. The number of aliphatic carboxylic acids is 1. The van der Waals surface area contributed by atoms with E-state index < -0.39 is 12.0 Å². The second-order valence-corrected chi connectivity index (χ2v) is 5.28. The van der Waals surface area contributed by atoms with Gasteiger partial charge in [-0.3, -0.25) is 9.59 Å². The van der Waals surface area contributed by atoms with Crippen LogP contribution in [0, 0.1) is 0 Å². The van der Waals surface area contributed by atoms with Crippen LogP contribution in [0.4, 0.5) is 4.79 Å². The van der Waals surface area contributed by atoms with Crippen LogP contribution in [0.3, 0.4) is 0 Å². The number of nitrogens with zero attached hydrogens (tertiary/aromatic N) is 2. The molecule has 2 rings (SSSR count). The summed E-state index contributed by atoms with van der Waals surface area (Å²) < 4.78 is 0. The molecule has 2 unspecified atom stereocenters. The van der Waals surface area contributed by atoms with E-state index in [9.17, 15) is 14.4 Å². The van der Waals surface area contributed by atoms with Gasteiger partial charge in [0.05, 0.1) is 6.42 Å². The fourth-order valence-corrected chi connectivity index (χ4v) is 3.02. The molecule has 0 aromatic heterocycles. The number of urea groups is 1. The molecule has 2 saturated heterocycles. The van der Waals surface area contributed by atoms with Crippen LogP contribution in [0.5, 0.6) is 0 Å². The van der Waals surface area contributed by atoms with E-state index in [4.69, 9.17) is 5.11 Å². The van der Waals surface area contributed by atoms with Crippen LogP contribution in [0.15, 0.2) is 0 Å². The molecule has 0 aromatic carbocycles. The maximum absolute atomic E-state index is 12.6. The summed E-state index contributed by atoms with van der Waals surface area (Å²) in [7, 11) is 0. The Kier molecular flexibility index (Phi) is 4.46. The predicted molar refractivity (Wildman–Crippen MR) is 71.2 cm³/mol. The highest BCUT2D eigenvalue weighted by atomic mass is 16.4. The van der Waals surface area contributed by atoms with Crippen molar-refractivity contribution in [3.05, 3.63) is 0 Å². The fraction of sp³-hybridized carbons (Fsp3) is 0.769. The number of carboxylic acids is 1. The molecule has 0 aliphatic carbocycles. The standard InChI is InChI=1S/C13H21N3O4/c1-2-10-12(19)14-5-7-16(10)13(20)15-6-3-4-9(15)8-11(17)18/h9-10H,2-8H2,1H3,(H,14,19)(H,17,18). The molecule has 0 aromatic rings. The van der Waals surface area contributed by atoms with Gasteiger partial charge in [0, 0.05) is 25.7 Å². The van der Waals surface area contributed by atoms with Gasteiger partial charge in [0.1, 0.15) is 6.04 Å². The molecule has 20 heavy (non-hydrogen) atoms. The molecule has 3 amide bonds. The van der Waals surface area contributed by atoms with Crippen LogP contribution < -0.4 is 5.32 Å². The lowest BCUT2D eigenvalue weighted by Crippen LogP contribution is -2.60. The summed E-state index contributed by atoms with van der Waals surface area (Å²) in [5, 5.41) is 11.7. The van der Waals surface area contributed by atoms with E-state index in [-0.39, 0.29) is 24.4 Å². The summed E-state index contributed by atoms with van der Waals surface area (Å²) in [6, 6.07) is -0.889. The van der Waals surface area contributed by atoms with Crippen LogP contribution in [-0.2, 0) is 9.59 Å². The number of rotatable bonds is 3. The van der Waals surface area contributed by atoms with Crippen molar-refractivity contribution in [2.75, 3.05) is 19.6 Å². The smallest absolute Gasteiger partial charge is 0.321 e. The quantitative estimate of drug-likeness (QED) is 0.777. The molecule has 2 fully saturated rings. The maximum Gasteiger partial charge on any atom is 0.321 e. The van der Waals surface area contributed by atoms with Gasteiger partial charge >= 0.3 is 12.0 Å². The lowest BCUT2D eigenvalue weighted by Gasteiger charge is -2.38. The summed E-state index contributed by atoms with van der Waals surface area (Å²) in [5.74, 6) is -1.01. The monoisotopic (exact) mass is 283 g/mol. The summed E-state index contributed by atoms with van der Waals surface area (Å²) in [5.41, 5.74) is 0. The van der Waals surface area contributed by atoms with E-state index in [0.717, 1.165) is 12.8 Å². The molecule has 0 spiro atoms. The third kappa shape index (κ3) is 2.86. The van der Waals surface area contributed by atoms with Gasteiger partial charge in [-0.1, -0.05) is 6.92 Å². The van der Waals surface area contributed by atoms with Crippen molar-refractivity contribution in [2.45, 2.75) is 44.7 Å². The Morgan fingerprint density at radius 1 is 1.35 bits per heavy atom. The van der Waals surface area contributed by atoms with E-state index in [1.54, 1.807) is 9.80 Å². The van der Waals surface area contributed by atoms with Crippen LogP contribution >= 0.6 is 0 Å². The van der Waals surface area contributed by atoms with Crippen molar-refractivity contribution in [3.8, 4) is 0 Å². The van der Waals surface area contributed by atoms with E-state index in [1.807, 2.05) is 6.92 Å². The topological polar surface area (TPSA) is 90.0 Å². The van der Waals surface area contributed by atoms with Crippen LogP contribution in [0.25, 0.3) is 0 Å². The molecule has 112 valence electrons. The fourth-order valence-electron chi connectivity index (χ4n) is 3.02. The molecule has 0 saturated carbocycles. The highest BCUT2D eigenvalue weighted by Crippen LogP contribution is 2.23. The maximum atomic E-state index is 12.6. The first kappa shape index (κ1) is 14.6. The van der Waals surface area contributed by atoms with Crippen LogP contribution in [-0.4, -0.2) is 64.5 Å². The molecule has 2 heterocycles. The third-order valence-corrected chi connectivity index (χ3v) is 4.00. The van der Waals surface area contributed by atoms with Gasteiger partial charge in [0.2, 0.25) is 5.91 Å². The summed E-state index contributed by atoms with van der Waals surface area (Å²) in [6.45, 7) is 3.39. The lowest BCUT2D eigenvalue weighted by atomic mass is 10.1. The Morgan fingerprint density at radius 3 is 2.75 bits per heavy atom. The number of hydrogen-bond donors (Lipinski definition) is 2. The van der Waals surface area contributed by atoms with Crippen LogP contribution in [0.2, 0.25) is 0 Å². The molecule has 0 bridgehead atoms. The van der Waals surface area contributed by atoms with Crippen molar-refractivity contribution in [3.63, 3.8) is 0 Å². The SMILES string of the molecule is CCC1C(=O)NCCN1C(=O)N1CCCC1CC(=O)O. The summed E-state index contributed by atoms with van der Waals surface area (Å²) in [6.07, 6.45) is 2.08. The Morgan fingerprint density at radius 2 is 2.10 bits per heavy atom. The minimum Gasteiger partial charge on any atom is -0.481 e. The number of hydrogen-bond acceptors (Lipinski definition) is 3.